The van der Waals surface area contributed by atoms with Gasteiger partial charge in [-0.2, -0.15) is 0 Å². The molecule has 0 radical (unpaired) electrons. The summed E-state index contributed by atoms with van der Waals surface area (Å²) in [6.45, 7) is 0. The Hall–Kier alpha value is -3.28. The molecule has 0 aromatic heterocycles. The number of nitrogens with one attached hydrogen (secondary N) is 2. The maximum atomic E-state index is 13.0. The Balaban J connectivity index is 1.93. The molecule has 0 atom stereocenters. The average Bonchev–Trinajstić information content (AvgIpc) is 2.75. The van der Waals surface area contributed by atoms with Crippen molar-refractivity contribution in [3.63, 3.8) is 0 Å². The van der Waals surface area contributed by atoms with Crippen molar-refractivity contribution in [2.75, 3.05) is 17.7 Å². The highest BCUT2D eigenvalue weighted by atomic mass is 35.5. The minimum atomic E-state index is -0.608. The third kappa shape index (κ3) is 5.41. The summed E-state index contributed by atoms with van der Waals surface area (Å²) in [4.78, 5) is 25.9. The molecule has 0 spiro atoms. The molecule has 152 valence electrons. The molecule has 0 unspecified atom stereocenters. The number of ether oxygens (including phenoxy) is 1. The van der Waals surface area contributed by atoms with Gasteiger partial charge in [-0.15, -0.1) is 0 Å². The summed E-state index contributed by atoms with van der Waals surface area (Å²) in [5.74, 6) is -0.554. The number of para-hydroxylation sites is 2. The number of amides is 2. The maximum Gasteiger partial charge on any atom is 0.261 e. The number of methoxy groups -OCH3 is 1. The van der Waals surface area contributed by atoms with E-state index in [2.05, 4.69) is 10.6 Å². The van der Waals surface area contributed by atoms with Crippen molar-refractivity contribution in [1.82, 2.24) is 0 Å². The molecule has 0 aliphatic rings. The Labute approximate surface area is 184 Å². The van der Waals surface area contributed by atoms with Crippen molar-refractivity contribution in [3.8, 4) is 5.75 Å². The summed E-state index contributed by atoms with van der Waals surface area (Å²) in [6, 6.07) is 20.5. The van der Waals surface area contributed by atoms with Crippen LogP contribution in [0.15, 0.2) is 78.4 Å². The van der Waals surface area contributed by atoms with Gasteiger partial charge in [-0.1, -0.05) is 59.6 Å². The fraction of sp³-hybridized carbons (Fsp3) is 0.0435. The molecule has 0 heterocycles. The van der Waals surface area contributed by atoms with Gasteiger partial charge in [0.15, 0.2) is 0 Å². The molecular weight excluding hydrogens is 423 g/mol. The molecule has 3 aromatic carbocycles. The zero-order valence-electron chi connectivity index (χ0n) is 16.0. The van der Waals surface area contributed by atoms with Crippen LogP contribution in [-0.4, -0.2) is 18.9 Å². The van der Waals surface area contributed by atoms with Crippen molar-refractivity contribution in [3.05, 3.63) is 94.0 Å². The summed E-state index contributed by atoms with van der Waals surface area (Å²) in [5, 5.41) is 6.08. The number of hydrogen-bond acceptors (Lipinski definition) is 3. The second-order valence-corrected chi connectivity index (χ2v) is 7.01. The number of benzene rings is 3. The van der Waals surface area contributed by atoms with Gasteiger partial charge in [-0.05, 0) is 48.0 Å². The van der Waals surface area contributed by atoms with Crippen molar-refractivity contribution in [1.29, 1.82) is 0 Å². The van der Waals surface area contributed by atoms with Crippen LogP contribution in [0.3, 0.4) is 0 Å². The minimum Gasteiger partial charge on any atom is -0.497 e. The fourth-order valence-electron chi connectivity index (χ4n) is 2.61. The van der Waals surface area contributed by atoms with E-state index in [-0.39, 0.29) is 5.57 Å². The van der Waals surface area contributed by atoms with Crippen molar-refractivity contribution in [2.24, 2.45) is 0 Å². The first kappa shape index (κ1) is 21.4. The van der Waals surface area contributed by atoms with E-state index in [1.54, 1.807) is 79.9 Å². The van der Waals surface area contributed by atoms with Crippen LogP contribution in [0.2, 0.25) is 10.0 Å². The van der Waals surface area contributed by atoms with Gasteiger partial charge in [0.25, 0.3) is 11.8 Å². The monoisotopic (exact) mass is 440 g/mol. The number of rotatable bonds is 6. The molecule has 7 heteroatoms. The van der Waals surface area contributed by atoms with E-state index in [0.29, 0.717) is 32.7 Å². The number of hydrogen-bond donors (Lipinski definition) is 2. The van der Waals surface area contributed by atoms with E-state index in [1.807, 2.05) is 0 Å². The lowest BCUT2D eigenvalue weighted by molar-refractivity contribution is -0.118. The number of carbonyl (C=O) groups excluding carboxylic acids is 2. The second kappa shape index (κ2) is 9.96. The smallest absolute Gasteiger partial charge is 0.261 e. The maximum absolute atomic E-state index is 13.0. The first-order valence-corrected chi connectivity index (χ1v) is 9.71. The average molecular weight is 441 g/mol. The van der Waals surface area contributed by atoms with Crippen LogP contribution in [0.1, 0.15) is 5.56 Å². The lowest BCUT2D eigenvalue weighted by Gasteiger charge is -2.12. The van der Waals surface area contributed by atoms with Crippen LogP contribution >= 0.6 is 23.2 Å². The van der Waals surface area contributed by atoms with Crippen molar-refractivity contribution in [2.45, 2.75) is 0 Å². The third-order valence-corrected chi connectivity index (χ3v) is 4.82. The van der Waals surface area contributed by atoms with Crippen molar-refractivity contribution >= 4 is 52.5 Å². The summed E-state index contributed by atoms with van der Waals surface area (Å²) in [7, 11) is 1.56. The normalized spacial score (nSPS) is 10.1. The molecule has 30 heavy (non-hydrogen) atoms. The lowest BCUT2D eigenvalue weighted by Crippen LogP contribution is -2.25. The quantitative estimate of drug-likeness (QED) is 0.295. The van der Waals surface area contributed by atoms with Crippen LogP contribution in [0, 0.1) is 0 Å². The lowest BCUT2D eigenvalue weighted by atomic mass is 10.1. The van der Waals surface area contributed by atoms with Crippen LogP contribution in [0.4, 0.5) is 11.4 Å². The van der Waals surface area contributed by atoms with Crippen molar-refractivity contribution < 1.29 is 14.3 Å². The van der Waals surface area contributed by atoms with E-state index in [1.165, 1.54) is 6.08 Å². The van der Waals surface area contributed by atoms with Gasteiger partial charge < -0.3 is 15.4 Å². The Kier molecular flexibility index (Phi) is 7.12. The van der Waals surface area contributed by atoms with Gasteiger partial charge >= 0.3 is 0 Å². The summed E-state index contributed by atoms with van der Waals surface area (Å²) >= 11 is 12.3. The van der Waals surface area contributed by atoms with Gasteiger partial charge in [-0.3, -0.25) is 9.59 Å². The first-order chi connectivity index (χ1) is 14.5. The minimum absolute atomic E-state index is 0.111. The van der Waals surface area contributed by atoms with Crippen LogP contribution in [0.5, 0.6) is 5.75 Å². The van der Waals surface area contributed by atoms with E-state index in [0.717, 1.165) is 0 Å². The summed E-state index contributed by atoms with van der Waals surface area (Å²) < 4.78 is 5.14. The molecule has 0 saturated heterocycles. The van der Waals surface area contributed by atoms with Gasteiger partial charge in [0.05, 0.1) is 28.5 Å². The van der Waals surface area contributed by atoms with Gasteiger partial charge in [0, 0.05) is 0 Å². The molecule has 2 N–H and O–H groups in total. The molecule has 0 aliphatic carbocycles. The van der Waals surface area contributed by atoms with E-state index in [9.17, 15) is 9.59 Å². The highest BCUT2D eigenvalue weighted by Gasteiger charge is 2.20. The van der Waals surface area contributed by atoms with E-state index < -0.39 is 11.8 Å². The Morgan fingerprint density at radius 3 is 1.67 bits per heavy atom. The Morgan fingerprint density at radius 1 is 0.767 bits per heavy atom. The SMILES string of the molecule is COc1ccc(C=C(C(=O)Nc2ccccc2Cl)C(=O)Nc2ccccc2Cl)cc1. The van der Waals surface area contributed by atoms with Crippen LogP contribution in [-0.2, 0) is 9.59 Å². The molecule has 0 fully saturated rings. The summed E-state index contributed by atoms with van der Waals surface area (Å²) in [5.41, 5.74) is 1.33. The van der Waals surface area contributed by atoms with Gasteiger partial charge in [-0.25, -0.2) is 0 Å². The third-order valence-electron chi connectivity index (χ3n) is 4.16. The largest absolute Gasteiger partial charge is 0.497 e. The predicted octanol–water partition coefficient (Wildman–Crippen LogP) is 5.66. The molecule has 5 nitrogen and oxygen atoms in total. The van der Waals surface area contributed by atoms with Gasteiger partial charge in [0.1, 0.15) is 11.3 Å². The molecule has 0 bridgehead atoms. The van der Waals surface area contributed by atoms with Crippen LogP contribution < -0.4 is 15.4 Å². The van der Waals surface area contributed by atoms with Crippen LogP contribution in [0.25, 0.3) is 6.08 Å². The highest BCUT2D eigenvalue weighted by molar-refractivity contribution is 6.36. The number of halogens is 2. The van der Waals surface area contributed by atoms with Gasteiger partial charge in [0.2, 0.25) is 0 Å². The number of carbonyl (C=O) groups is 2. The van der Waals surface area contributed by atoms with E-state index in [4.69, 9.17) is 27.9 Å². The molecule has 0 aliphatic heterocycles. The Morgan fingerprint density at radius 2 is 1.23 bits per heavy atom. The fourth-order valence-corrected chi connectivity index (χ4v) is 2.97. The molecule has 0 saturated carbocycles. The zero-order chi connectivity index (χ0) is 21.5. The number of anilines is 2. The standard InChI is InChI=1S/C23H18Cl2N2O3/c1-30-16-12-10-15(11-13-16)14-17(22(28)26-20-8-4-2-6-18(20)24)23(29)27-21-9-5-3-7-19(21)25/h2-14H,1H3,(H,26,28)(H,27,29). The molecule has 3 aromatic rings. The highest BCUT2D eigenvalue weighted by Crippen LogP contribution is 2.24. The second-order valence-electron chi connectivity index (χ2n) is 6.20. The molecule has 2 amide bonds. The molecule has 3 rings (SSSR count). The first-order valence-electron chi connectivity index (χ1n) is 8.95. The Bertz CT molecular complexity index is 1030. The summed E-state index contributed by atoms with van der Waals surface area (Å²) in [6.07, 6.45) is 1.48. The zero-order valence-corrected chi connectivity index (χ0v) is 17.5. The predicted molar refractivity (Wildman–Crippen MR) is 121 cm³/mol. The molecular formula is C23H18Cl2N2O3. The van der Waals surface area contributed by atoms with E-state index >= 15 is 0 Å². The topological polar surface area (TPSA) is 67.4 Å².